The third-order valence-electron chi connectivity index (χ3n) is 2.61. The lowest BCUT2D eigenvalue weighted by atomic mass is 10.1. The summed E-state index contributed by atoms with van der Waals surface area (Å²) in [5, 5.41) is 13.6. The summed E-state index contributed by atoms with van der Waals surface area (Å²) >= 11 is 5.86. The number of carbonyl (C=O) groups is 1. The highest BCUT2D eigenvalue weighted by molar-refractivity contribution is 6.34. The van der Waals surface area contributed by atoms with E-state index < -0.39 is 10.8 Å². The first-order chi connectivity index (χ1) is 9.49. The number of aryl methyl sites for hydroxylation is 1. The van der Waals surface area contributed by atoms with Crippen LogP contribution in [-0.2, 0) is 0 Å². The van der Waals surface area contributed by atoms with Crippen LogP contribution in [0.25, 0.3) is 0 Å². The first-order valence-corrected chi connectivity index (χ1v) is 6.02. The van der Waals surface area contributed by atoms with Crippen LogP contribution in [0.2, 0.25) is 5.02 Å². The second-order valence-electron chi connectivity index (χ2n) is 4.09. The monoisotopic (exact) mass is 291 g/mol. The number of nitro benzene ring substituents is 1. The summed E-state index contributed by atoms with van der Waals surface area (Å²) in [4.78, 5) is 26.2. The summed E-state index contributed by atoms with van der Waals surface area (Å²) in [7, 11) is 0. The molecule has 1 aromatic heterocycles. The van der Waals surface area contributed by atoms with Gasteiger partial charge < -0.3 is 5.32 Å². The van der Waals surface area contributed by atoms with Gasteiger partial charge in [-0.3, -0.25) is 19.9 Å². The number of pyridine rings is 1. The maximum Gasteiger partial charge on any atom is 0.292 e. The normalized spacial score (nSPS) is 10.1. The van der Waals surface area contributed by atoms with Crippen molar-refractivity contribution in [2.45, 2.75) is 6.92 Å². The largest absolute Gasteiger partial charge is 0.316 e. The number of rotatable bonds is 3. The summed E-state index contributed by atoms with van der Waals surface area (Å²) in [6.45, 7) is 1.78. The van der Waals surface area contributed by atoms with Gasteiger partial charge in [-0.1, -0.05) is 17.7 Å². The van der Waals surface area contributed by atoms with Gasteiger partial charge in [0.05, 0.1) is 15.5 Å². The Balaban J connectivity index is 2.35. The second-order valence-corrected chi connectivity index (χ2v) is 4.49. The minimum atomic E-state index is -0.552. The summed E-state index contributed by atoms with van der Waals surface area (Å²) in [5.41, 5.74) is 0.964. The topological polar surface area (TPSA) is 85.1 Å². The first-order valence-electron chi connectivity index (χ1n) is 5.65. The van der Waals surface area contributed by atoms with E-state index in [4.69, 9.17) is 11.6 Å². The average Bonchev–Trinajstić information content (AvgIpc) is 2.38. The van der Waals surface area contributed by atoms with E-state index in [1.165, 1.54) is 30.6 Å². The lowest BCUT2D eigenvalue weighted by molar-refractivity contribution is -0.383. The highest BCUT2D eigenvalue weighted by Gasteiger charge is 2.17. The second kappa shape index (κ2) is 5.66. The van der Waals surface area contributed by atoms with Gasteiger partial charge in [-0.25, -0.2) is 0 Å². The van der Waals surface area contributed by atoms with E-state index in [1.807, 2.05) is 0 Å². The standard InChI is InChI=1S/C13H10ClN3O3/c1-8-2-3-12(17(19)20)11(6-8)16-13(18)9-4-5-15-7-10(9)14/h2-7H,1H3,(H,16,18). The summed E-state index contributed by atoms with van der Waals surface area (Å²) < 4.78 is 0. The Morgan fingerprint density at radius 2 is 2.15 bits per heavy atom. The van der Waals surface area contributed by atoms with Gasteiger partial charge >= 0.3 is 0 Å². The molecule has 1 amide bonds. The molecule has 0 spiro atoms. The predicted molar refractivity (Wildman–Crippen MR) is 75.0 cm³/mol. The number of carbonyl (C=O) groups excluding carboxylic acids is 1. The molecule has 2 rings (SSSR count). The molecule has 1 aromatic carbocycles. The van der Waals surface area contributed by atoms with Gasteiger partial charge in [-0.05, 0) is 24.6 Å². The van der Waals surface area contributed by atoms with Crippen LogP contribution in [0.1, 0.15) is 15.9 Å². The number of nitrogens with one attached hydrogen (secondary N) is 1. The predicted octanol–water partition coefficient (Wildman–Crippen LogP) is 3.20. The van der Waals surface area contributed by atoms with Gasteiger partial charge in [-0.15, -0.1) is 0 Å². The van der Waals surface area contributed by atoms with Crippen LogP contribution >= 0.6 is 11.6 Å². The SMILES string of the molecule is Cc1ccc([N+](=O)[O-])c(NC(=O)c2ccncc2Cl)c1. The van der Waals surface area contributed by atoms with Crippen molar-refractivity contribution in [3.63, 3.8) is 0 Å². The van der Waals surface area contributed by atoms with Crippen LogP contribution < -0.4 is 5.32 Å². The number of hydrogen-bond donors (Lipinski definition) is 1. The number of aromatic nitrogens is 1. The molecule has 6 nitrogen and oxygen atoms in total. The summed E-state index contributed by atoms with van der Waals surface area (Å²) in [5.74, 6) is -0.522. The Hall–Kier alpha value is -2.47. The molecule has 1 N–H and O–H groups in total. The third-order valence-corrected chi connectivity index (χ3v) is 2.92. The van der Waals surface area contributed by atoms with Crippen molar-refractivity contribution in [1.82, 2.24) is 4.98 Å². The molecule has 0 aliphatic rings. The number of nitrogens with zero attached hydrogens (tertiary/aromatic N) is 2. The van der Waals surface area contributed by atoms with Crippen LogP contribution in [0.5, 0.6) is 0 Å². The number of halogens is 1. The van der Waals surface area contributed by atoms with Gasteiger partial charge in [0.15, 0.2) is 0 Å². The van der Waals surface area contributed by atoms with E-state index in [1.54, 1.807) is 13.0 Å². The smallest absolute Gasteiger partial charge is 0.292 e. The van der Waals surface area contributed by atoms with E-state index >= 15 is 0 Å². The van der Waals surface area contributed by atoms with Crippen LogP contribution in [0.3, 0.4) is 0 Å². The zero-order valence-electron chi connectivity index (χ0n) is 10.5. The Labute approximate surface area is 119 Å². The Kier molecular flexibility index (Phi) is 3.95. The van der Waals surface area contributed by atoms with Crippen molar-refractivity contribution in [3.05, 3.63) is 62.9 Å². The first kappa shape index (κ1) is 14.0. The van der Waals surface area contributed by atoms with E-state index in [2.05, 4.69) is 10.3 Å². The molecule has 0 saturated heterocycles. The van der Waals surface area contributed by atoms with Crippen molar-refractivity contribution < 1.29 is 9.72 Å². The lowest BCUT2D eigenvalue weighted by Crippen LogP contribution is -2.14. The van der Waals surface area contributed by atoms with Gasteiger partial charge in [0, 0.05) is 18.5 Å². The van der Waals surface area contributed by atoms with Crippen molar-refractivity contribution in [3.8, 4) is 0 Å². The Morgan fingerprint density at radius 3 is 2.80 bits per heavy atom. The maximum atomic E-state index is 12.1. The molecule has 7 heteroatoms. The zero-order chi connectivity index (χ0) is 14.7. The number of nitro groups is 1. The molecule has 0 bridgehead atoms. The van der Waals surface area contributed by atoms with E-state index in [0.29, 0.717) is 0 Å². The quantitative estimate of drug-likeness (QED) is 0.695. The number of amides is 1. The van der Waals surface area contributed by atoms with Crippen molar-refractivity contribution in [2.75, 3.05) is 5.32 Å². The van der Waals surface area contributed by atoms with E-state index in [9.17, 15) is 14.9 Å². The minimum Gasteiger partial charge on any atom is -0.316 e. The number of anilines is 1. The fourth-order valence-corrected chi connectivity index (χ4v) is 1.86. The number of benzene rings is 1. The highest BCUT2D eigenvalue weighted by Crippen LogP contribution is 2.26. The van der Waals surface area contributed by atoms with Crippen LogP contribution in [0.15, 0.2) is 36.7 Å². The molecule has 0 unspecified atom stereocenters. The zero-order valence-corrected chi connectivity index (χ0v) is 11.2. The Bertz CT molecular complexity index is 688. The van der Waals surface area contributed by atoms with Crippen LogP contribution in [0, 0.1) is 17.0 Å². The molecule has 2 aromatic rings. The van der Waals surface area contributed by atoms with Crippen molar-refractivity contribution >= 4 is 28.9 Å². The molecular formula is C13H10ClN3O3. The van der Waals surface area contributed by atoms with E-state index in [0.717, 1.165) is 5.56 Å². The maximum absolute atomic E-state index is 12.1. The summed E-state index contributed by atoms with van der Waals surface area (Å²) in [6, 6.07) is 5.93. The molecule has 0 aliphatic heterocycles. The third kappa shape index (κ3) is 2.92. The minimum absolute atomic E-state index is 0.132. The van der Waals surface area contributed by atoms with Gasteiger partial charge in [0.1, 0.15) is 5.69 Å². The van der Waals surface area contributed by atoms with Crippen LogP contribution in [-0.4, -0.2) is 15.8 Å². The fourth-order valence-electron chi connectivity index (χ4n) is 1.66. The van der Waals surface area contributed by atoms with Crippen LogP contribution in [0.4, 0.5) is 11.4 Å². The number of hydrogen-bond acceptors (Lipinski definition) is 4. The molecule has 0 aliphatic carbocycles. The molecule has 0 radical (unpaired) electrons. The van der Waals surface area contributed by atoms with Gasteiger partial charge in [-0.2, -0.15) is 0 Å². The molecular weight excluding hydrogens is 282 g/mol. The van der Waals surface area contributed by atoms with Gasteiger partial charge in [0.2, 0.25) is 0 Å². The molecule has 1 heterocycles. The highest BCUT2D eigenvalue weighted by atomic mass is 35.5. The molecule has 0 atom stereocenters. The van der Waals surface area contributed by atoms with Crippen molar-refractivity contribution in [1.29, 1.82) is 0 Å². The molecule has 0 fully saturated rings. The molecule has 102 valence electrons. The van der Waals surface area contributed by atoms with Crippen molar-refractivity contribution in [2.24, 2.45) is 0 Å². The Morgan fingerprint density at radius 1 is 1.40 bits per heavy atom. The average molecular weight is 292 g/mol. The molecule has 20 heavy (non-hydrogen) atoms. The van der Waals surface area contributed by atoms with Gasteiger partial charge in [0.25, 0.3) is 11.6 Å². The fraction of sp³-hybridized carbons (Fsp3) is 0.0769. The summed E-state index contributed by atoms with van der Waals surface area (Å²) in [6.07, 6.45) is 2.76. The lowest BCUT2D eigenvalue weighted by Gasteiger charge is -2.07. The van der Waals surface area contributed by atoms with E-state index in [-0.39, 0.29) is 22.0 Å². The molecule has 0 saturated carbocycles.